The monoisotopic (exact) mass is 295 g/mol. The van der Waals surface area contributed by atoms with Crippen molar-refractivity contribution < 1.29 is 14.3 Å². The van der Waals surface area contributed by atoms with Gasteiger partial charge in [0.2, 0.25) is 0 Å². The zero-order valence-electron chi connectivity index (χ0n) is 11.2. The summed E-state index contributed by atoms with van der Waals surface area (Å²) >= 11 is 5.87. The first-order valence-electron chi connectivity index (χ1n) is 6.04. The lowest BCUT2D eigenvalue weighted by atomic mass is 10.2. The summed E-state index contributed by atoms with van der Waals surface area (Å²) in [5, 5.41) is 7.60. The van der Waals surface area contributed by atoms with E-state index in [9.17, 15) is 4.79 Å². The zero-order chi connectivity index (χ0) is 14.5. The average molecular weight is 296 g/mol. The SMILES string of the molecule is CCOC(=O)c1c(Cl)nnn1Cc1ccc(OC)cc1. The van der Waals surface area contributed by atoms with Crippen LogP contribution in [0.2, 0.25) is 5.15 Å². The molecule has 0 saturated carbocycles. The maximum Gasteiger partial charge on any atom is 0.359 e. The zero-order valence-corrected chi connectivity index (χ0v) is 11.9. The maximum atomic E-state index is 11.8. The lowest BCUT2D eigenvalue weighted by Gasteiger charge is -2.07. The van der Waals surface area contributed by atoms with Gasteiger partial charge in [-0.3, -0.25) is 0 Å². The predicted molar refractivity (Wildman–Crippen MR) is 73.1 cm³/mol. The van der Waals surface area contributed by atoms with E-state index in [4.69, 9.17) is 21.1 Å². The van der Waals surface area contributed by atoms with Gasteiger partial charge in [0.25, 0.3) is 0 Å². The normalized spacial score (nSPS) is 10.3. The summed E-state index contributed by atoms with van der Waals surface area (Å²) < 4.78 is 11.4. The maximum absolute atomic E-state index is 11.8. The number of carbonyl (C=O) groups is 1. The van der Waals surface area contributed by atoms with Crippen LogP contribution < -0.4 is 4.74 Å². The summed E-state index contributed by atoms with van der Waals surface area (Å²) in [4.78, 5) is 11.8. The number of halogens is 1. The Kier molecular flexibility index (Phi) is 4.57. The van der Waals surface area contributed by atoms with E-state index in [1.165, 1.54) is 4.68 Å². The Balaban J connectivity index is 2.22. The molecule has 0 saturated heterocycles. The van der Waals surface area contributed by atoms with Gasteiger partial charge in [-0.2, -0.15) is 0 Å². The highest BCUT2D eigenvalue weighted by molar-refractivity contribution is 6.32. The van der Waals surface area contributed by atoms with Crippen molar-refractivity contribution in [2.24, 2.45) is 0 Å². The third kappa shape index (κ3) is 3.08. The van der Waals surface area contributed by atoms with Crippen LogP contribution in [0.4, 0.5) is 0 Å². The van der Waals surface area contributed by atoms with Gasteiger partial charge in [0.15, 0.2) is 10.8 Å². The van der Waals surface area contributed by atoms with Crippen molar-refractivity contribution in [3.05, 3.63) is 40.7 Å². The Morgan fingerprint density at radius 3 is 2.65 bits per heavy atom. The number of ether oxygens (including phenoxy) is 2. The number of aromatic nitrogens is 3. The molecular weight excluding hydrogens is 282 g/mol. The quantitative estimate of drug-likeness (QED) is 0.791. The number of rotatable bonds is 5. The molecule has 20 heavy (non-hydrogen) atoms. The first-order chi connectivity index (χ1) is 9.65. The summed E-state index contributed by atoms with van der Waals surface area (Å²) in [5.74, 6) is 0.229. The molecule has 0 aliphatic rings. The second kappa shape index (κ2) is 6.38. The third-order valence-electron chi connectivity index (χ3n) is 2.65. The van der Waals surface area contributed by atoms with E-state index >= 15 is 0 Å². The molecule has 0 N–H and O–H groups in total. The topological polar surface area (TPSA) is 66.2 Å². The number of esters is 1. The molecule has 0 aliphatic heterocycles. The lowest BCUT2D eigenvalue weighted by Crippen LogP contribution is -2.14. The van der Waals surface area contributed by atoms with Crippen LogP contribution in [0.1, 0.15) is 23.0 Å². The van der Waals surface area contributed by atoms with Crippen LogP contribution in [-0.2, 0) is 11.3 Å². The molecule has 0 spiro atoms. The lowest BCUT2D eigenvalue weighted by molar-refractivity contribution is 0.0513. The Labute approximate surface area is 121 Å². The van der Waals surface area contributed by atoms with E-state index in [1.807, 2.05) is 24.3 Å². The molecule has 6 nitrogen and oxygen atoms in total. The molecule has 0 radical (unpaired) electrons. The Morgan fingerprint density at radius 2 is 2.05 bits per heavy atom. The Bertz CT molecular complexity index is 595. The van der Waals surface area contributed by atoms with E-state index < -0.39 is 5.97 Å². The van der Waals surface area contributed by atoms with Crippen LogP contribution in [0, 0.1) is 0 Å². The highest BCUT2D eigenvalue weighted by Crippen LogP contribution is 2.16. The molecule has 2 rings (SSSR count). The minimum absolute atomic E-state index is 0.0389. The van der Waals surface area contributed by atoms with Crippen molar-refractivity contribution in [3.8, 4) is 5.75 Å². The standard InChI is InChI=1S/C13H14ClN3O3/c1-3-20-13(18)11-12(14)15-16-17(11)8-9-4-6-10(19-2)7-5-9/h4-7H,3,8H2,1-2H3. The van der Waals surface area contributed by atoms with Gasteiger partial charge in [-0.25, -0.2) is 9.48 Å². The van der Waals surface area contributed by atoms with Crippen molar-refractivity contribution in [2.45, 2.75) is 13.5 Å². The van der Waals surface area contributed by atoms with Gasteiger partial charge in [-0.15, -0.1) is 5.10 Å². The van der Waals surface area contributed by atoms with Gasteiger partial charge in [0, 0.05) is 0 Å². The fourth-order valence-corrected chi connectivity index (χ4v) is 1.90. The number of hydrogen-bond acceptors (Lipinski definition) is 5. The summed E-state index contributed by atoms with van der Waals surface area (Å²) in [7, 11) is 1.60. The van der Waals surface area contributed by atoms with Gasteiger partial charge in [-0.05, 0) is 24.6 Å². The van der Waals surface area contributed by atoms with E-state index in [2.05, 4.69) is 10.3 Å². The van der Waals surface area contributed by atoms with Gasteiger partial charge < -0.3 is 9.47 Å². The fraction of sp³-hybridized carbons (Fsp3) is 0.308. The number of hydrogen-bond donors (Lipinski definition) is 0. The molecule has 7 heteroatoms. The second-order valence-electron chi connectivity index (χ2n) is 3.96. The average Bonchev–Trinajstić information content (AvgIpc) is 2.81. The van der Waals surface area contributed by atoms with Crippen molar-refractivity contribution in [3.63, 3.8) is 0 Å². The number of methoxy groups -OCH3 is 1. The molecule has 0 unspecified atom stereocenters. The highest BCUT2D eigenvalue weighted by atomic mass is 35.5. The van der Waals surface area contributed by atoms with E-state index in [0.29, 0.717) is 6.54 Å². The van der Waals surface area contributed by atoms with Crippen LogP contribution in [0.15, 0.2) is 24.3 Å². The highest BCUT2D eigenvalue weighted by Gasteiger charge is 2.20. The Morgan fingerprint density at radius 1 is 1.35 bits per heavy atom. The third-order valence-corrected chi connectivity index (χ3v) is 2.91. The van der Waals surface area contributed by atoms with Crippen LogP contribution in [0.5, 0.6) is 5.75 Å². The molecule has 2 aromatic rings. The fourth-order valence-electron chi connectivity index (χ4n) is 1.70. The minimum Gasteiger partial charge on any atom is -0.497 e. The molecule has 1 aromatic carbocycles. The predicted octanol–water partition coefficient (Wildman–Crippen LogP) is 2.17. The van der Waals surface area contributed by atoms with Crippen LogP contribution in [0.25, 0.3) is 0 Å². The number of carbonyl (C=O) groups excluding carboxylic acids is 1. The smallest absolute Gasteiger partial charge is 0.359 e. The van der Waals surface area contributed by atoms with Crippen molar-refractivity contribution in [1.82, 2.24) is 15.0 Å². The molecule has 0 bridgehead atoms. The van der Waals surface area contributed by atoms with Gasteiger partial charge in [-0.1, -0.05) is 28.9 Å². The Hall–Kier alpha value is -2.08. The van der Waals surface area contributed by atoms with Crippen molar-refractivity contribution >= 4 is 17.6 Å². The summed E-state index contributed by atoms with van der Waals surface area (Å²) in [5.41, 5.74) is 1.10. The van der Waals surface area contributed by atoms with E-state index in [-0.39, 0.29) is 17.5 Å². The van der Waals surface area contributed by atoms with Crippen LogP contribution >= 0.6 is 11.6 Å². The van der Waals surface area contributed by atoms with Crippen molar-refractivity contribution in [1.29, 1.82) is 0 Å². The molecular formula is C13H14ClN3O3. The number of benzene rings is 1. The molecule has 0 aliphatic carbocycles. The van der Waals surface area contributed by atoms with Crippen molar-refractivity contribution in [2.75, 3.05) is 13.7 Å². The second-order valence-corrected chi connectivity index (χ2v) is 4.31. The molecule has 0 amide bonds. The molecule has 0 atom stereocenters. The van der Waals surface area contributed by atoms with Gasteiger partial charge in [0.05, 0.1) is 20.3 Å². The van der Waals surface area contributed by atoms with Gasteiger partial charge >= 0.3 is 5.97 Å². The number of nitrogens with zero attached hydrogens (tertiary/aromatic N) is 3. The summed E-state index contributed by atoms with van der Waals surface area (Å²) in [6.45, 7) is 2.37. The molecule has 0 fully saturated rings. The van der Waals surface area contributed by atoms with Gasteiger partial charge in [0.1, 0.15) is 5.75 Å². The molecule has 106 valence electrons. The molecule has 1 heterocycles. The molecule has 1 aromatic heterocycles. The summed E-state index contributed by atoms with van der Waals surface area (Å²) in [6.07, 6.45) is 0. The minimum atomic E-state index is -0.531. The van der Waals surface area contributed by atoms with E-state index in [0.717, 1.165) is 11.3 Å². The van der Waals surface area contributed by atoms with Crippen LogP contribution in [-0.4, -0.2) is 34.7 Å². The largest absolute Gasteiger partial charge is 0.497 e. The summed E-state index contributed by atoms with van der Waals surface area (Å²) in [6, 6.07) is 7.42. The van der Waals surface area contributed by atoms with Crippen LogP contribution in [0.3, 0.4) is 0 Å². The first kappa shape index (κ1) is 14.3. The van der Waals surface area contributed by atoms with E-state index in [1.54, 1.807) is 14.0 Å². The first-order valence-corrected chi connectivity index (χ1v) is 6.42.